The molecule has 17 heteroatoms. The van der Waals surface area contributed by atoms with Crippen molar-refractivity contribution in [2.45, 2.75) is 68.1 Å². The van der Waals surface area contributed by atoms with E-state index >= 15 is 4.39 Å². The Hall–Kier alpha value is -0.813. The summed E-state index contributed by atoms with van der Waals surface area (Å²) in [5, 5.41) is 0. The van der Waals surface area contributed by atoms with Crippen LogP contribution in [0.2, 0.25) is 0 Å². The summed E-state index contributed by atoms with van der Waals surface area (Å²) in [4.78, 5) is 0. The highest BCUT2D eigenvalue weighted by Gasteiger charge is 2.92. The lowest BCUT2D eigenvalue weighted by Gasteiger charge is -2.48. The van der Waals surface area contributed by atoms with Crippen LogP contribution in [0.5, 0.6) is 0 Å². The number of halogens is 13. The maximum absolute atomic E-state index is 15.3. The summed E-state index contributed by atoms with van der Waals surface area (Å²) in [5.41, 5.74) is -3.53. The summed E-state index contributed by atoms with van der Waals surface area (Å²) in [6.07, 6.45) is -5.66. The fourth-order valence-electron chi connectivity index (χ4n) is 2.43. The molecule has 0 N–H and O–H groups in total. The zero-order chi connectivity index (χ0) is 25.3. The highest BCUT2D eigenvalue weighted by Crippen LogP contribution is 2.62. The van der Waals surface area contributed by atoms with Gasteiger partial charge >= 0.3 is 41.9 Å². The van der Waals surface area contributed by atoms with Crippen LogP contribution in [0.4, 0.5) is 57.1 Å². The lowest BCUT2D eigenvalue weighted by atomic mass is 9.90. The molecule has 0 aliphatic heterocycles. The molecule has 0 fully saturated rings. The Kier molecular flexibility index (Phi) is 8.97. The smallest absolute Gasteiger partial charge is 0.349 e. The second kappa shape index (κ2) is 9.21. The van der Waals surface area contributed by atoms with Gasteiger partial charge in [0.05, 0.1) is 10.2 Å². The zero-order valence-corrected chi connectivity index (χ0v) is 18.3. The molecule has 0 aliphatic rings. The van der Waals surface area contributed by atoms with Crippen molar-refractivity contribution in [2.24, 2.45) is 0 Å². The molecule has 0 aromatic carbocycles. The van der Waals surface area contributed by atoms with Gasteiger partial charge in [0.1, 0.15) is 0 Å². The van der Waals surface area contributed by atoms with Gasteiger partial charge < -0.3 is 14.2 Å². The first-order valence-corrected chi connectivity index (χ1v) is 9.40. The van der Waals surface area contributed by atoms with Gasteiger partial charge in [0, 0.05) is 19.8 Å². The quantitative estimate of drug-likeness (QED) is 0.211. The Bertz CT molecular complexity index is 596. The van der Waals surface area contributed by atoms with Crippen molar-refractivity contribution in [3.8, 4) is 0 Å². The zero-order valence-electron chi connectivity index (χ0n) is 16.3. The van der Waals surface area contributed by atoms with Gasteiger partial charge in [0.25, 0.3) is 0 Å². The van der Waals surface area contributed by atoms with Gasteiger partial charge in [0.15, 0.2) is 0 Å². The summed E-state index contributed by atoms with van der Waals surface area (Å²) in [6.45, 7) is -0.0814. The normalized spacial score (nSPS) is 17.3. The summed E-state index contributed by atoms with van der Waals surface area (Å²) in [5.74, 6) is -43.1. The molecule has 0 heterocycles. The second-order valence-electron chi connectivity index (χ2n) is 6.06. The molecular weight excluding hydrogens is 491 g/mol. The third-order valence-electron chi connectivity index (χ3n) is 4.05. The molecule has 0 rings (SSSR count). The van der Waals surface area contributed by atoms with Gasteiger partial charge in [-0.3, -0.25) is 0 Å². The number of rotatable bonds is 13. The average molecular weight is 510 g/mol. The molecule has 0 aliphatic carbocycles. The van der Waals surface area contributed by atoms with Crippen LogP contribution < -0.4 is 0 Å². The largest absolute Gasteiger partial charge is 0.384 e. The van der Waals surface area contributed by atoms with Gasteiger partial charge in [-0.15, -0.1) is 0 Å². The van der Waals surface area contributed by atoms with Crippen molar-refractivity contribution in [3.05, 3.63) is 0 Å². The van der Waals surface area contributed by atoms with Crippen LogP contribution in [0.25, 0.3) is 0 Å². The van der Waals surface area contributed by atoms with Crippen molar-refractivity contribution in [1.29, 1.82) is 0 Å². The van der Waals surface area contributed by atoms with Crippen LogP contribution >= 0.6 is 0 Å². The highest BCUT2D eigenvalue weighted by molar-refractivity contribution is 6.14. The lowest BCUT2D eigenvalue weighted by Crippen LogP contribution is -2.77. The molecule has 1 unspecified atom stereocenters. The molecule has 0 saturated carbocycles. The van der Waals surface area contributed by atoms with E-state index in [-0.39, 0.29) is 0 Å². The first-order chi connectivity index (χ1) is 13.6. The Balaban J connectivity index is 6.94. The maximum Gasteiger partial charge on any atom is 0.384 e. The molecule has 3 nitrogen and oxygen atoms in total. The maximum atomic E-state index is 15.3. The Morgan fingerprint density at radius 3 is 1.19 bits per heavy atom. The van der Waals surface area contributed by atoms with E-state index in [0.29, 0.717) is 6.92 Å². The van der Waals surface area contributed by atoms with Crippen LogP contribution in [0, 0.1) is 0 Å². The van der Waals surface area contributed by atoms with E-state index in [1.165, 1.54) is 0 Å². The molecule has 188 valence electrons. The monoisotopic (exact) mass is 510 g/mol. The lowest BCUT2D eigenvalue weighted by molar-refractivity contribution is -0.470. The van der Waals surface area contributed by atoms with Crippen LogP contribution in [0.1, 0.15) is 20.8 Å². The Morgan fingerprint density at radius 2 is 0.903 bits per heavy atom. The third kappa shape index (κ3) is 4.26. The van der Waals surface area contributed by atoms with Gasteiger partial charge in [-0.25, -0.2) is 8.78 Å². The second-order valence-corrected chi connectivity index (χ2v) is 7.38. The number of ether oxygens (including phenoxy) is 3. The average Bonchev–Trinajstić information content (AvgIpc) is 2.61. The molecule has 0 bridgehead atoms. The third-order valence-corrected chi connectivity index (χ3v) is 5.27. The van der Waals surface area contributed by atoms with E-state index in [9.17, 15) is 52.7 Å². The molecule has 0 spiro atoms. The molecular formula is C14H19F13O3Si. The fraction of sp³-hybridized carbons (Fsp3) is 1.00. The van der Waals surface area contributed by atoms with Crippen molar-refractivity contribution in [2.75, 3.05) is 19.8 Å². The van der Waals surface area contributed by atoms with Crippen molar-refractivity contribution < 1.29 is 71.3 Å². The summed E-state index contributed by atoms with van der Waals surface area (Å²) in [6, 6.07) is 0. The van der Waals surface area contributed by atoms with Crippen molar-refractivity contribution in [1.82, 2.24) is 0 Å². The summed E-state index contributed by atoms with van der Waals surface area (Å²) < 4.78 is 190. The molecule has 1 atom stereocenters. The Labute approximate surface area is 170 Å². The van der Waals surface area contributed by atoms with Gasteiger partial charge in [-0.1, -0.05) is 0 Å². The molecule has 0 saturated heterocycles. The number of hydrogen-bond acceptors (Lipinski definition) is 3. The predicted octanol–water partition coefficient (Wildman–Crippen LogP) is 4.22. The fourth-order valence-corrected chi connectivity index (χ4v) is 3.46. The molecule has 31 heavy (non-hydrogen) atoms. The predicted molar refractivity (Wildman–Crippen MR) is 82.1 cm³/mol. The van der Waals surface area contributed by atoms with E-state index in [2.05, 4.69) is 14.2 Å². The topological polar surface area (TPSA) is 27.7 Å². The van der Waals surface area contributed by atoms with E-state index in [1.807, 2.05) is 0 Å². The van der Waals surface area contributed by atoms with E-state index < -0.39 is 77.4 Å². The van der Waals surface area contributed by atoms with Crippen molar-refractivity contribution in [3.63, 3.8) is 0 Å². The van der Waals surface area contributed by atoms with Gasteiger partial charge in [-0.2, -0.15) is 48.3 Å². The summed E-state index contributed by atoms with van der Waals surface area (Å²) >= 11 is 0. The first kappa shape index (κ1) is 30.2. The van der Waals surface area contributed by atoms with E-state index in [1.54, 1.807) is 0 Å². The van der Waals surface area contributed by atoms with Gasteiger partial charge in [-0.05, 0) is 20.8 Å². The van der Waals surface area contributed by atoms with E-state index in [4.69, 9.17) is 0 Å². The molecule has 0 aromatic rings. The standard InChI is InChI=1S/C14H19F13O3Si/c1-4-28-13(27,14(31,29-5-2)30-6-3)12(25,26)11(23,24)10(21,22)9(19,20)8(17,18)7(15)16/h7H,4-6H2,1-3,31H3. The minimum Gasteiger partial charge on any atom is -0.349 e. The highest BCUT2D eigenvalue weighted by atomic mass is 28.1. The number of hydrogen-bond donors (Lipinski definition) is 0. The summed E-state index contributed by atoms with van der Waals surface area (Å²) in [7, 11) is -1.17. The first-order valence-electron chi connectivity index (χ1n) is 8.40. The van der Waals surface area contributed by atoms with Crippen LogP contribution in [-0.2, 0) is 14.2 Å². The minimum absolute atomic E-state index is 0.708. The molecule has 0 amide bonds. The molecule has 0 aromatic heterocycles. The van der Waals surface area contributed by atoms with Crippen LogP contribution in [0.15, 0.2) is 0 Å². The SMILES string of the molecule is CCOC([SiH3])(OCC)C(F)(OCC)C(F)(F)C(F)(F)C(F)(F)C(F)(F)C(F)(F)C(F)F. The van der Waals surface area contributed by atoms with Crippen LogP contribution in [0.3, 0.4) is 0 Å². The van der Waals surface area contributed by atoms with E-state index in [0.717, 1.165) is 13.8 Å². The van der Waals surface area contributed by atoms with Gasteiger partial charge in [0.2, 0.25) is 5.41 Å². The minimum atomic E-state index is -7.90. The number of alkyl halides is 13. The van der Waals surface area contributed by atoms with Crippen LogP contribution in [-0.4, -0.2) is 77.4 Å². The Morgan fingerprint density at radius 1 is 0.581 bits per heavy atom. The van der Waals surface area contributed by atoms with Crippen molar-refractivity contribution >= 4 is 10.2 Å². The molecule has 0 radical (unpaired) electrons.